The highest BCUT2D eigenvalue weighted by atomic mass is 19.1. The summed E-state index contributed by atoms with van der Waals surface area (Å²) >= 11 is 0. The number of rotatable bonds is 5. The van der Waals surface area contributed by atoms with E-state index < -0.39 is 41.8 Å². The van der Waals surface area contributed by atoms with Gasteiger partial charge >= 0.3 is 0 Å². The topological polar surface area (TPSA) is 146 Å². The van der Waals surface area contributed by atoms with Crippen LogP contribution in [-0.2, 0) is 20.8 Å². The molecule has 0 aliphatic carbocycles. The van der Waals surface area contributed by atoms with Crippen molar-refractivity contribution in [2.24, 2.45) is 0 Å². The number of para-hydroxylation sites is 1. The Bertz CT molecular complexity index is 1120. The number of benzene rings is 2. The molecule has 0 fully saturated rings. The molecule has 3 rings (SSSR count). The Labute approximate surface area is 220 Å². The monoisotopic (exact) mass is 528 g/mol. The Kier molecular flexibility index (Phi) is 10.6. The lowest BCUT2D eigenvalue weighted by molar-refractivity contribution is -0.132. The van der Waals surface area contributed by atoms with Crippen molar-refractivity contribution < 1.29 is 33.4 Å². The van der Waals surface area contributed by atoms with Crippen LogP contribution in [0.1, 0.15) is 42.1 Å². The predicted molar refractivity (Wildman–Crippen MR) is 137 cm³/mol. The van der Waals surface area contributed by atoms with Gasteiger partial charge in [0, 0.05) is 19.5 Å². The van der Waals surface area contributed by atoms with Gasteiger partial charge in [-0.15, -0.1) is 0 Å². The molecule has 0 saturated carbocycles. The first-order valence-electron chi connectivity index (χ1n) is 12.5. The van der Waals surface area contributed by atoms with E-state index in [1.165, 1.54) is 19.1 Å². The molecule has 10 nitrogen and oxygen atoms in total. The van der Waals surface area contributed by atoms with Crippen LogP contribution < -0.4 is 26.0 Å². The van der Waals surface area contributed by atoms with Gasteiger partial charge in [0.1, 0.15) is 23.7 Å². The molecule has 1 unspecified atom stereocenters. The van der Waals surface area contributed by atoms with Crippen LogP contribution in [0.25, 0.3) is 0 Å². The number of halogens is 1. The second kappa shape index (κ2) is 14.1. The molecule has 1 aliphatic heterocycles. The highest BCUT2D eigenvalue weighted by Gasteiger charge is 2.28. The minimum Gasteiger partial charge on any atom is -0.493 e. The van der Waals surface area contributed by atoms with Crippen molar-refractivity contribution in [2.75, 3.05) is 19.7 Å². The highest BCUT2D eigenvalue weighted by Crippen LogP contribution is 2.19. The Morgan fingerprint density at radius 3 is 2.61 bits per heavy atom. The van der Waals surface area contributed by atoms with E-state index >= 15 is 0 Å². The molecule has 2 aromatic carbocycles. The van der Waals surface area contributed by atoms with E-state index in [4.69, 9.17) is 4.74 Å². The molecule has 4 amide bonds. The van der Waals surface area contributed by atoms with Crippen LogP contribution in [0.3, 0.4) is 0 Å². The van der Waals surface area contributed by atoms with Crippen LogP contribution in [0.15, 0.2) is 48.5 Å². The molecule has 0 bridgehead atoms. The average molecular weight is 529 g/mol. The number of nitrogens with one attached hydrogen (secondary N) is 4. The van der Waals surface area contributed by atoms with Gasteiger partial charge in [-0.25, -0.2) is 4.39 Å². The maximum Gasteiger partial charge on any atom is 0.255 e. The minimum atomic E-state index is -1.17. The van der Waals surface area contributed by atoms with Gasteiger partial charge in [-0.05, 0) is 56.0 Å². The van der Waals surface area contributed by atoms with Gasteiger partial charge in [0.25, 0.3) is 5.91 Å². The molecule has 0 aromatic heterocycles. The van der Waals surface area contributed by atoms with Gasteiger partial charge in [-0.2, -0.15) is 0 Å². The van der Waals surface area contributed by atoms with Gasteiger partial charge in [-0.1, -0.05) is 24.3 Å². The van der Waals surface area contributed by atoms with Crippen LogP contribution in [0.2, 0.25) is 0 Å². The maximum atomic E-state index is 13.1. The average Bonchev–Trinajstić information content (AvgIpc) is 2.89. The van der Waals surface area contributed by atoms with Crippen LogP contribution in [-0.4, -0.2) is 66.6 Å². The Balaban J connectivity index is 1.75. The third-order valence-electron chi connectivity index (χ3n) is 6.00. The fraction of sp³-hybridized carbons (Fsp3) is 0.407. The third-order valence-corrected chi connectivity index (χ3v) is 6.00. The number of carbonyl (C=O) groups is 4. The SMILES string of the molecule is C[C@@H](O)C1NC(=O)CC[C@@H](C(=O)NCCc2ccc(F)cc2)NC(=O)c2ccccc2OCCCNC1=O. The minimum absolute atomic E-state index is 0.0584. The number of hydrogen-bond donors (Lipinski definition) is 5. The van der Waals surface area contributed by atoms with Crippen molar-refractivity contribution in [1.82, 2.24) is 21.3 Å². The van der Waals surface area contributed by atoms with E-state index in [-0.39, 0.29) is 43.9 Å². The number of carbonyl (C=O) groups excluding carboxylic acids is 4. The second-order valence-corrected chi connectivity index (χ2v) is 9.01. The summed E-state index contributed by atoms with van der Waals surface area (Å²) in [7, 11) is 0. The lowest BCUT2D eigenvalue weighted by atomic mass is 10.1. The molecular formula is C27H33FN4O6. The summed E-state index contributed by atoms with van der Waals surface area (Å²) in [5.74, 6) is -2.17. The summed E-state index contributed by atoms with van der Waals surface area (Å²) in [6.45, 7) is 2.06. The lowest BCUT2D eigenvalue weighted by Gasteiger charge is -2.23. The molecule has 38 heavy (non-hydrogen) atoms. The van der Waals surface area contributed by atoms with E-state index in [2.05, 4.69) is 21.3 Å². The Morgan fingerprint density at radius 1 is 1.13 bits per heavy atom. The summed E-state index contributed by atoms with van der Waals surface area (Å²) in [5, 5.41) is 20.6. The van der Waals surface area contributed by atoms with E-state index in [0.717, 1.165) is 5.56 Å². The quantitative estimate of drug-likeness (QED) is 0.389. The molecule has 3 atom stereocenters. The molecule has 2 aromatic rings. The van der Waals surface area contributed by atoms with Crippen LogP contribution in [0.4, 0.5) is 4.39 Å². The largest absolute Gasteiger partial charge is 0.493 e. The van der Waals surface area contributed by atoms with Crippen molar-refractivity contribution in [3.05, 3.63) is 65.5 Å². The van der Waals surface area contributed by atoms with Crippen LogP contribution >= 0.6 is 0 Å². The van der Waals surface area contributed by atoms with Gasteiger partial charge in [0.2, 0.25) is 17.7 Å². The number of ether oxygens (including phenoxy) is 1. The number of fused-ring (bicyclic) bond motifs is 1. The zero-order valence-electron chi connectivity index (χ0n) is 21.2. The number of aliphatic hydroxyl groups is 1. The molecule has 0 radical (unpaired) electrons. The molecule has 1 aliphatic rings. The molecule has 1 heterocycles. The smallest absolute Gasteiger partial charge is 0.255 e. The predicted octanol–water partition coefficient (Wildman–Crippen LogP) is 0.828. The van der Waals surface area contributed by atoms with Crippen molar-refractivity contribution in [3.8, 4) is 5.75 Å². The van der Waals surface area contributed by atoms with Gasteiger partial charge in [0.15, 0.2) is 0 Å². The lowest BCUT2D eigenvalue weighted by Crippen LogP contribution is -2.53. The fourth-order valence-corrected chi connectivity index (χ4v) is 3.89. The second-order valence-electron chi connectivity index (χ2n) is 9.01. The van der Waals surface area contributed by atoms with Gasteiger partial charge < -0.3 is 31.1 Å². The number of amides is 4. The first kappa shape index (κ1) is 28.6. The normalized spacial score (nSPS) is 20.1. The molecule has 11 heteroatoms. The van der Waals surface area contributed by atoms with E-state index in [9.17, 15) is 28.7 Å². The van der Waals surface area contributed by atoms with Crippen molar-refractivity contribution >= 4 is 23.6 Å². The fourth-order valence-electron chi connectivity index (χ4n) is 3.89. The third kappa shape index (κ3) is 8.55. The van der Waals surface area contributed by atoms with Gasteiger partial charge in [0.05, 0.1) is 18.3 Å². The van der Waals surface area contributed by atoms with Crippen LogP contribution in [0, 0.1) is 5.82 Å². The van der Waals surface area contributed by atoms with E-state index in [1.807, 2.05) is 0 Å². The zero-order valence-corrected chi connectivity index (χ0v) is 21.2. The summed E-state index contributed by atoms with van der Waals surface area (Å²) in [6.07, 6.45) is -0.538. The summed E-state index contributed by atoms with van der Waals surface area (Å²) < 4.78 is 18.9. The molecule has 5 N–H and O–H groups in total. The zero-order chi connectivity index (χ0) is 27.5. The summed E-state index contributed by atoms with van der Waals surface area (Å²) in [6, 6.07) is 10.2. The molecular weight excluding hydrogens is 495 g/mol. The first-order chi connectivity index (χ1) is 18.2. The van der Waals surface area contributed by atoms with E-state index in [1.54, 1.807) is 36.4 Å². The Hall–Kier alpha value is -3.99. The summed E-state index contributed by atoms with van der Waals surface area (Å²) in [5.41, 5.74) is 1.05. The van der Waals surface area contributed by atoms with Gasteiger partial charge in [-0.3, -0.25) is 19.2 Å². The Morgan fingerprint density at radius 2 is 1.87 bits per heavy atom. The first-order valence-corrected chi connectivity index (χ1v) is 12.5. The number of aliphatic hydroxyl groups excluding tert-OH is 1. The summed E-state index contributed by atoms with van der Waals surface area (Å²) in [4.78, 5) is 51.2. The van der Waals surface area contributed by atoms with Crippen molar-refractivity contribution in [2.45, 2.75) is 50.8 Å². The molecule has 0 spiro atoms. The van der Waals surface area contributed by atoms with E-state index in [0.29, 0.717) is 18.6 Å². The molecule has 0 saturated heterocycles. The van der Waals surface area contributed by atoms with Crippen molar-refractivity contribution in [1.29, 1.82) is 0 Å². The molecule has 204 valence electrons. The van der Waals surface area contributed by atoms with Crippen molar-refractivity contribution in [3.63, 3.8) is 0 Å². The maximum absolute atomic E-state index is 13.1. The van der Waals surface area contributed by atoms with Crippen LogP contribution in [0.5, 0.6) is 5.75 Å². The number of hydrogen-bond acceptors (Lipinski definition) is 6. The highest BCUT2D eigenvalue weighted by molar-refractivity contribution is 5.99. The standard InChI is InChI=1S/C27H33FN4O6/c1-17(33)24-27(37)29-14-4-16-38-22-6-3-2-5-20(22)25(35)31-21(11-12-23(34)32-24)26(36)30-15-13-18-7-9-19(28)10-8-18/h2-3,5-10,17,21,24,33H,4,11-16H2,1H3,(H,29,37)(H,30,36)(H,31,35)(H,32,34)/t17-,21+,24?/m1/s1.